The molecule has 31 heavy (non-hydrogen) atoms. The monoisotopic (exact) mass is 422 g/mol. The molecular formula is C23H26N4O4. The van der Waals surface area contributed by atoms with E-state index < -0.39 is 6.10 Å². The number of nitrogens with zero attached hydrogens (tertiary/aromatic N) is 4. The van der Waals surface area contributed by atoms with Crippen LogP contribution >= 0.6 is 0 Å². The second kappa shape index (κ2) is 8.85. The van der Waals surface area contributed by atoms with Crippen LogP contribution in [0.25, 0.3) is 11.4 Å². The first-order valence-electron chi connectivity index (χ1n) is 10.3. The molecule has 4 rings (SSSR count). The Balaban J connectivity index is 1.34. The van der Waals surface area contributed by atoms with E-state index >= 15 is 0 Å². The maximum Gasteiger partial charge on any atom is 0.260 e. The summed E-state index contributed by atoms with van der Waals surface area (Å²) < 4.78 is 16.8. The van der Waals surface area contributed by atoms with E-state index in [2.05, 4.69) is 35.9 Å². The van der Waals surface area contributed by atoms with Gasteiger partial charge in [-0.25, -0.2) is 0 Å². The van der Waals surface area contributed by atoms with Crippen molar-refractivity contribution in [2.45, 2.75) is 32.3 Å². The molecule has 1 aliphatic rings. The Hall–Kier alpha value is -3.26. The number of amides is 1. The number of pyridine rings is 1. The van der Waals surface area contributed by atoms with Gasteiger partial charge in [-0.3, -0.25) is 9.78 Å². The number of aromatic nitrogens is 3. The lowest BCUT2D eigenvalue weighted by atomic mass is 9.87. The molecule has 1 saturated heterocycles. The lowest BCUT2D eigenvalue weighted by Crippen LogP contribution is -2.44. The molecule has 0 N–H and O–H groups in total. The van der Waals surface area contributed by atoms with Crippen molar-refractivity contribution in [1.29, 1.82) is 0 Å². The van der Waals surface area contributed by atoms with Gasteiger partial charge in [0.1, 0.15) is 5.75 Å². The molecular weight excluding hydrogens is 396 g/mol. The van der Waals surface area contributed by atoms with Crippen molar-refractivity contribution in [1.82, 2.24) is 20.0 Å². The zero-order valence-electron chi connectivity index (χ0n) is 17.9. The van der Waals surface area contributed by atoms with E-state index in [1.807, 2.05) is 30.3 Å². The van der Waals surface area contributed by atoms with Gasteiger partial charge in [-0.15, -0.1) is 0 Å². The number of morpholine rings is 1. The normalized spacial score (nSPS) is 16.9. The highest BCUT2D eigenvalue weighted by Gasteiger charge is 2.29. The minimum atomic E-state index is -0.471. The third-order valence-corrected chi connectivity index (χ3v) is 5.14. The quantitative estimate of drug-likeness (QED) is 0.622. The standard InChI is InChI=1S/C23H26N4O4/c1-23(2,3)17-6-8-18(9-7-17)30-15-20(28)27-11-12-29-19(14-27)22-25-21(26-31-22)16-5-4-10-24-13-16/h4-10,13,19H,11-12,14-15H2,1-3H3/t19-/m0/s1. The first-order valence-corrected chi connectivity index (χ1v) is 10.3. The van der Waals surface area contributed by atoms with Crippen molar-refractivity contribution in [3.05, 3.63) is 60.2 Å². The summed E-state index contributed by atoms with van der Waals surface area (Å²) in [6.45, 7) is 7.65. The summed E-state index contributed by atoms with van der Waals surface area (Å²) in [5.41, 5.74) is 2.04. The van der Waals surface area contributed by atoms with Crippen LogP contribution in [0.2, 0.25) is 0 Å². The summed E-state index contributed by atoms with van der Waals surface area (Å²) in [5, 5.41) is 4.00. The smallest absolute Gasteiger partial charge is 0.260 e. The van der Waals surface area contributed by atoms with Crippen LogP contribution in [-0.4, -0.2) is 52.2 Å². The fourth-order valence-electron chi connectivity index (χ4n) is 3.29. The molecule has 0 bridgehead atoms. The summed E-state index contributed by atoms with van der Waals surface area (Å²) in [5.74, 6) is 1.34. The number of hydrogen-bond donors (Lipinski definition) is 0. The van der Waals surface area contributed by atoms with E-state index in [0.717, 1.165) is 5.56 Å². The van der Waals surface area contributed by atoms with Crippen LogP contribution in [-0.2, 0) is 14.9 Å². The van der Waals surface area contributed by atoms with Gasteiger partial charge in [0.05, 0.1) is 13.2 Å². The van der Waals surface area contributed by atoms with E-state index in [9.17, 15) is 4.79 Å². The van der Waals surface area contributed by atoms with E-state index in [4.69, 9.17) is 14.0 Å². The molecule has 3 aromatic rings. The summed E-state index contributed by atoms with van der Waals surface area (Å²) in [4.78, 5) is 22.8. The van der Waals surface area contributed by atoms with Crippen molar-refractivity contribution >= 4 is 5.91 Å². The minimum Gasteiger partial charge on any atom is -0.484 e. The molecule has 1 amide bonds. The summed E-state index contributed by atoms with van der Waals surface area (Å²) in [6.07, 6.45) is 2.87. The van der Waals surface area contributed by atoms with Crippen molar-refractivity contribution in [3.63, 3.8) is 0 Å². The molecule has 3 heterocycles. The van der Waals surface area contributed by atoms with Gasteiger partial charge in [0.2, 0.25) is 5.82 Å². The molecule has 0 spiro atoms. The van der Waals surface area contributed by atoms with Gasteiger partial charge >= 0.3 is 0 Å². The van der Waals surface area contributed by atoms with Gasteiger partial charge in [-0.05, 0) is 35.2 Å². The van der Waals surface area contributed by atoms with Crippen molar-refractivity contribution in [3.8, 4) is 17.1 Å². The zero-order chi connectivity index (χ0) is 21.8. The molecule has 2 aromatic heterocycles. The Kier molecular flexibility index (Phi) is 5.99. The van der Waals surface area contributed by atoms with Gasteiger partial charge < -0.3 is 18.9 Å². The van der Waals surface area contributed by atoms with Gasteiger partial charge in [0.15, 0.2) is 12.7 Å². The summed E-state index contributed by atoms with van der Waals surface area (Å²) >= 11 is 0. The molecule has 8 heteroatoms. The Bertz CT molecular complexity index is 1010. The second-order valence-electron chi connectivity index (χ2n) is 8.46. The van der Waals surface area contributed by atoms with E-state index in [1.165, 1.54) is 5.56 Å². The fourth-order valence-corrected chi connectivity index (χ4v) is 3.29. The lowest BCUT2D eigenvalue weighted by Gasteiger charge is -2.31. The van der Waals surface area contributed by atoms with Crippen LogP contribution in [0.4, 0.5) is 0 Å². The van der Waals surface area contributed by atoms with Gasteiger partial charge in [0, 0.05) is 24.5 Å². The third kappa shape index (κ3) is 5.08. The molecule has 0 unspecified atom stereocenters. The highest BCUT2D eigenvalue weighted by Crippen LogP contribution is 2.25. The molecule has 162 valence electrons. The Morgan fingerprint density at radius 2 is 2.03 bits per heavy atom. The molecule has 0 radical (unpaired) electrons. The van der Waals surface area contributed by atoms with Crippen molar-refractivity contribution in [2.24, 2.45) is 0 Å². The Labute approximate surface area is 181 Å². The van der Waals surface area contributed by atoms with E-state index in [1.54, 1.807) is 23.4 Å². The number of rotatable bonds is 5. The van der Waals surface area contributed by atoms with Gasteiger partial charge in [-0.2, -0.15) is 4.98 Å². The largest absolute Gasteiger partial charge is 0.484 e. The van der Waals surface area contributed by atoms with E-state index in [-0.39, 0.29) is 17.9 Å². The molecule has 1 fully saturated rings. The Morgan fingerprint density at radius 1 is 1.23 bits per heavy atom. The van der Waals surface area contributed by atoms with Crippen LogP contribution < -0.4 is 4.74 Å². The number of carbonyl (C=O) groups is 1. The van der Waals surface area contributed by atoms with E-state index in [0.29, 0.717) is 37.2 Å². The minimum absolute atomic E-state index is 0.0354. The second-order valence-corrected chi connectivity index (χ2v) is 8.46. The number of hydrogen-bond acceptors (Lipinski definition) is 7. The predicted octanol–water partition coefficient (Wildman–Crippen LogP) is 3.41. The van der Waals surface area contributed by atoms with Crippen LogP contribution in [0.1, 0.15) is 38.3 Å². The van der Waals surface area contributed by atoms with Crippen molar-refractivity contribution < 1.29 is 18.8 Å². The number of carbonyl (C=O) groups excluding carboxylic acids is 1. The summed E-state index contributed by atoms with van der Waals surface area (Å²) in [7, 11) is 0. The molecule has 0 aliphatic carbocycles. The maximum atomic E-state index is 12.7. The highest BCUT2D eigenvalue weighted by atomic mass is 16.5. The third-order valence-electron chi connectivity index (χ3n) is 5.14. The first kappa shape index (κ1) is 21.0. The number of benzene rings is 1. The van der Waals surface area contributed by atoms with Gasteiger partial charge in [-0.1, -0.05) is 38.1 Å². The average molecular weight is 422 g/mol. The molecule has 1 aromatic carbocycles. The first-order chi connectivity index (χ1) is 14.9. The van der Waals surface area contributed by atoms with Gasteiger partial charge in [0.25, 0.3) is 11.8 Å². The molecule has 1 atom stereocenters. The average Bonchev–Trinajstić information content (AvgIpc) is 3.28. The lowest BCUT2D eigenvalue weighted by molar-refractivity contribution is -0.142. The molecule has 8 nitrogen and oxygen atoms in total. The fraction of sp³-hybridized carbons (Fsp3) is 0.391. The SMILES string of the molecule is CC(C)(C)c1ccc(OCC(=O)N2CCO[C@H](c3nc(-c4cccnc4)no3)C2)cc1. The predicted molar refractivity (Wildman–Crippen MR) is 113 cm³/mol. The summed E-state index contributed by atoms with van der Waals surface area (Å²) in [6, 6.07) is 11.5. The molecule has 0 saturated carbocycles. The molecule has 1 aliphatic heterocycles. The Morgan fingerprint density at radius 3 is 2.74 bits per heavy atom. The van der Waals surface area contributed by atoms with Crippen LogP contribution in [0.15, 0.2) is 53.3 Å². The maximum absolute atomic E-state index is 12.7. The van der Waals surface area contributed by atoms with Crippen LogP contribution in [0.3, 0.4) is 0 Å². The van der Waals surface area contributed by atoms with Crippen molar-refractivity contribution in [2.75, 3.05) is 26.3 Å². The zero-order valence-corrected chi connectivity index (χ0v) is 17.9. The van der Waals surface area contributed by atoms with Crippen LogP contribution in [0.5, 0.6) is 5.75 Å². The highest BCUT2D eigenvalue weighted by molar-refractivity contribution is 5.78. The van der Waals surface area contributed by atoms with Crippen LogP contribution in [0, 0.1) is 0 Å². The number of ether oxygens (including phenoxy) is 2. The topological polar surface area (TPSA) is 90.6 Å².